The average Bonchev–Trinajstić information content (AvgIpc) is 1.90. The summed E-state index contributed by atoms with van der Waals surface area (Å²) in [6.07, 6.45) is 11.6. The van der Waals surface area contributed by atoms with E-state index in [1.807, 2.05) is 36.7 Å². The van der Waals surface area contributed by atoms with Gasteiger partial charge in [-0.15, -0.1) is 0 Å². The second-order valence-corrected chi connectivity index (χ2v) is 1.27. The van der Waals surface area contributed by atoms with Crippen molar-refractivity contribution < 1.29 is 1.43 Å². The van der Waals surface area contributed by atoms with Crippen LogP contribution in [0.3, 0.4) is 0 Å². The monoisotopic (exact) mass is 94.1 g/mol. The van der Waals surface area contributed by atoms with Gasteiger partial charge < -0.3 is 5.32 Å². The number of hydrogen-bond donors (Lipinski definition) is 1. The zero-order valence-corrected chi connectivity index (χ0v) is 3.96. The third kappa shape index (κ3) is 1.26. The molecule has 1 aliphatic rings. The van der Waals surface area contributed by atoms with Gasteiger partial charge in [0, 0.05) is 13.8 Å². The van der Waals surface area contributed by atoms with Gasteiger partial charge in [-0.25, -0.2) is 0 Å². The Morgan fingerprint density at radius 3 is 2.00 bits per heavy atom. The Bertz CT molecular complexity index is 110. The van der Waals surface area contributed by atoms with Crippen LogP contribution in [0.2, 0.25) is 0 Å². The highest BCUT2D eigenvalue weighted by Crippen LogP contribution is 1.81. The molecule has 0 aromatic heterocycles. The van der Waals surface area contributed by atoms with Gasteiger partial charge in [0.2, 0.25) is 0 Å². The fourth-order valence-electron chi connectivity index (χ4n) is 0.406. The number of hydrogen-bond acceptors (Lipinski definition) is 1. The van der Waals surface area contributed by atoms with Crippen molar-refractivity contribution in [3.8, 4) is 0 Å². The molecule has 0 aliphatic carbocycles. The first-order chi connectivity index (χ1) is 3.50. The predicted octanol–water partition coefficient (Wildman–Crippen LogP) is 1.29. The zero-order chi connectivity index (χ0) is 4.95. The van der Waals surface area contributed by atoms with Crippen LogP contribution in [0.5, 0.6) is 0 Å². The van der Waals surface area contributed by atoms with Crippen LogP contribution < -0.4 is 5.32 Å². The van der Waals surface area contributed by atoms with Crippen LogP contribution >= 0.6 is 0 Å². The van der Waals surface area contributed by atoms with Crippen LogP contribution in [-0.2, 0) is 0 Å². The zero-order valence-electron chi connectivity index (χ0n) is 4.96. The molecule has 0 bridgehead atoms. The molecular formula is C6H8N. The smallest absolute Gasteiger partial charge is 0.000442 e. The summed E-state index contributed by atoms with van der Waals surface area (Å²) in [5, 5.41) is 2.92. The molecule has 0 aromatic rings. The largest absolute Gasteiger partial charge is 0.368 e. The minimum atomic E-state index is 0. The maximum atomic E-state index is 2.92. The van der Waals surface area contributed by atoms with Gasteiger partial charge in [0.1, 0.15) is 0 Å². The first-order valence-electron chi connectivity index (χ1n) is 2.24. The first-order valence-corrected chi connectivity index (χ1v) is 2.24. The molecule has 1 N–H and O–H groups in total. The molecule has 1 nitrogen and oxygen atoms in total. The summed E-state index contributed by atoms with van der Waals surface area (Å²) in [6.45, 7) is 0. The maximum absolute atomic E-state index is 2.92. The van der Waals surface area contributed by atoms with Crippen LogP contribution in [0, 0.1) is 0 Å². The van der Waals surface area contributed by atoms with E-state index in [1.54, 1.807) is 0 Å². The van der Waals surface area contributed by atoms with E-state index in [9.17, 15) is 0 Å². The van der Waals surface area contributed by atoms with Gasteiger partial charge in [0.25, 0.3) is 0 Å². The van der Waals surface area contributed by atoms with E-state index in [0.29, 0.717) is 0 Å². The molecule has 0 spiro atoms. The Morgan fingerprint density at radius 2 is 1.43 bits per heavy atom. The van der Waals surface area contributed by atoms with Gasteiger partial charge in [-0.1, -0.05) is 12.2 Å². The topological polar surface area (TPSA) is 12.0 Å². The van der Waals surface area contributed by atoms with Gasteiger partial charge in [-0.2, -0.15) is 0 Å². The highest BCUT2D eigenvalue weighted by molar-refractivity contribution is 5.14. The standard InChI is InChI=1S/C6H7N.H/c1-2-4-6-7-5-3-1;/h1-7H;. The molecule has 7 heavy (non-hydrogen) atoms. The lowest BCUT2D eigenvalue weighted by Crippen LogP contribution is -1.87. The molecule has 1 heteroatoms. The van der Waals surface area contributed by atoms with E-state index in [2.05, 4.69) is 5.32 Å². The van der Waals surface area contributed by atoms with Crippen molar-refractivity contribution in [2.75, 3.05) is 0 Å². The Morgan fingerprint density at radius 1 is 0.857 bits per heavy atom. The third-order valence-corrected chi connectivity index (χ3v) is 0.718. The number of rotatable bonds is 0. The Hall–Kier alpha value is -0.980. The minimum Gasteiger partial charge on any atom is -0.368 e. The van der Waals surface area contributed by atoms with Crippen LogP contribution in [0.25, 0.3) is 0 Å². The quantitative estimate of drug-likeness (QED) is 0.477. The van der Waals surface area contributed by atoms with Gasteiger partial charge in [0.15, 0.2) is 0 Å². The van der Waals surface area contributed by atoms with Crippen molar-refractivity contribution in [2.24, 2.45) is 0 Å². The molecule has 37 valence electrons. The van der Waals surface area contributed by atoms with Crippen molar-refractivity contribution in [1.29, 1.82) is 0 Å². The summed E-state index contributed by atoms with van der Waals surface area (Å²) in [5.41, 5.74) is 0. The second-order valence-electron chi connectivity index (χ2n) is 1.27. The van der Waals surface area contributed by atoms with Crippen molar-refractivity contribution in [1.82, 2.24) is 5.32 Å². The van der Waals surface area contributed by atoms with Gasteiger partial charge in [0.05, 0.1) is 0 Å². The lowest BCUT2D eigenvalue weighted by molar-refractivity contribution is 1.20. The summed E-state index contributed by atoms with van der Waals surface area (Å²) >= 11 is 0. The normalized spacial score (nSPS) is 16.0. The fraction of sp³-hybridized carbons (Fsp3) is 0. The van der Waals surface area contributed by atoms with Crippen molar-refractivity contribution >= 4 is 0 Å². The summed E-state index contributed by atoms with van der Waals surface area (Å²) in [6, 6.07) is 0. The van der Waals surface area contributed by atoms with Crippen molar-refractivity contribution in [3.63, 3.8) is 0 Å². The van der Waals surface area contributed by atoms with E-state index in [4.69, 9.17) is 0 Å². The number of allylic oxidation sites excluding steroid dienone is 4. The Kier molecular flexibility index (Phi) is 1.34. The van der Waals surface area contributed by atoms with Crippen LogP contribution in [0.1, 0.15) is 1.43 Å². The summed E-state index contributed by atoms with van der Waals surface area (Å²) in [5.74, 6) is 0. The maximum Gasteiger partial charge on any atom is 0.000442 e. The second kappa shape index (κ2) is 2.24. The van der Waals surface area contributed by atoms with Gasteiger partial charge in [-0.05, 0) is 12.2 Å². The lowest BCUT2D eigenvalue weighted by atomic mass is 10.5. The molecule has 0 fully saturated rings. The van der Waals surface area contributed by atoms with E-state index in [1.165, 1.54) is 0 Å². The molecule has 1 aliphatic heterocycles. The molecule has 1 rings (SSSR count). The molecule has 0 atom stereocenters. The average molecular weight is 94.1 g/mol. The molecule has 0 saturated carbocycles. The molecule has 0 aromatic carbocycles. The highest BCUT2D eigenvalue weighted by Gasteiger charge is 1.67. The summed E-state index contributed by atoms with van der Waals surface area (Å²) in [7, 11) is 0. The molecule has 1 radical (unpaired) electrons. The molecular weight excluding hydrogens is 86.1 g/mol. The fourth-order valence-corrected chi connectivity index (χ4v) is 0.406. The van der Waals surface area contributed by atoms with Crippen LogP contribution in [0.4, 0.5) is 0 Å². The van der Waals surface area contributed by atoms with Crippen molar-refractivity contribution in [2.45, 2.75) is 0 Å². The van der Waals surface area contributed by atoms with Gasteiger partial charge >= 0.3 is 0 Å². The minimum absolute atomic E-state index is 0. The summed E-state index contributed by atoms with van der Waals surface area (Å²) < 4.78 is 0. The highest BCUT2D eigenvalue weighted by atomic mass is 14.8. The number of nitrogens with one attached hydrogen (secondary N) is 1. The van der Waals surface area contributed by atoms with E-state index in [-0.39, 0.29) is 1.43 Å². The Balaban J connectivity index is 0.000000490. The predicted molar refractivity (Wildman–Crippen MR) is 31.7 cm³/mol. The molecule has 0 saturated heterocycles. The van der Waals surface area contributed by atoms with Crippen LogP contribution in [-0.4, -0.2) is 0 Å². The SMILES string of the molecule is C1=CC=CNC=C1.[H]. The summed E-state index contributed by atoms with van der Waals surface area (Å²) in [4.78, 5) is 0. The molecule has 1 heterocycles. The Labute approximate surface area is 44.5 Å². The van der Waals surface area contributed by atoms with E-state index >= 15 is 0 Å². The van der Waals surface area contributed by atoms with Gasteiger partial charge in [-0.3, -0.25) is 0 Å². The first kappa shape index (κ1) is 4.19. The third-order valence-electron chi connectivity index (χ3n) is 0.718. The molecule has 0 unspecified atom stereocenters. The van der Waals surface area contributed by atoms with E-state index < -0.39 is 0 Å². The van der Waals surface area contributed by atoms with E-state index in [0.717, 1.165) is 0 Å². The van der Waals surface area contributed by atoms with Crippen LogP contribution in [0.15, 0.2) is 36.7 Å². The molecule has 0 amide bonds. The van der Waals surface area contributed by atoms with Crippen molar-refractivity contribution in [3.05, 3.63) is 36.7 Å². The lowest BCUT2D eigenvalue weighted by Gasteiger charge is -1.79.